The van der Waals surface area contributed by atoms with Crippen LogP contribution < -0.4 is 5.62 Å². The fourth-order valence-corrected chi connectivity index (χ4v) is 2.24. The van der Waals surface area contributed by atoms with Gasteiger partial charge in [-0.1, -0.05) is 39.0 Å². The molecule has 1 atom stereocenters. The number of para-hydroxylation sites is 2. The molecular formula is C16H23N3O. The van der Waals surface area contributed by atoms with Crippen molar-refractivity contribution in [3.05, 3.63) is 42.5 Å². The van der Waals surface area contributed by atoms with Gasteiger partial charge >= 0.3 is 0 Å². The lowest BCUT2D eigenvalue weighted by molar-refractivity contribution is 0.0478. The molecule has 0 spiro atoms. The van der Waals surface area contributed by atoms with Crippen molar-refractivity contribution in [1.82, 2.24) is 9.13 Å². The maximum atomic E-state index is 10.3. The van der Waals surface area contributed by atoms with Gasteiger partial charge in [-0.2, -0.15) is 0 Å². The van der Waals surface area contributed by atoms with Crippen LogP contribution in [-0.4, -0.2) is 20.3 Å². The molecule has 0 amide bonds. The Morgan fingerprint density at radius 3 is 2.30 bits per heavy atom. The van der Waals surface area contributed by atoms with E-state index in [2.05, 4.69) is 6.58 Å². The molecule has 2 aromatic rings. The number of nitrogens with zero attached hydrogens (tertiary/aromatic N) is 2. The quantitative estimate of drug-likeness (QED) is 0.826. The van der Waals surface area contributed by atoms with Crippen molar-refractivity contribution in [2.24, 2.45) is 5.41 Å². The topological polar surface area (TPSA) is 53.9 Å². The molecule has 2 N–H and O–H groups in total. The van der Waals surface area contributed by atoms with Crippen LogP contribution >= 0.6 is 0 Å². The molecule has 0 aliphatic carbocycles. The van der Waals surface area contributed by atoms with Crippen LogP contribution in [0.25, 0.3) is 11.0 Å². The van der Waals surface area contributed by atoms with Gasteiger partial charge in [-0.05, 0) is 17.5 Å². The molecule has 1 aromatic heterocycles. The van der Waals surface area contributed by atoms with Crippen molar-refractivity contribution in [2.45, 2.75) is 40.0 Å². The van der Waals surface area contributed by atoms with Crippen LogP contribution in [0.1, 0.15) is 20.8 Å². The average Bonchev–Trinajstić information content (AvgIpc) is 2.64. The molecule has 4 heteroatoms. The number of allylic oxidation sites excluding steroid dienone is 1. The third-order valence-corrected chi connectivity index (χ3v) is 3.64. The van der Waals surface area contributed by atoms with Crippen molar-refractivity contribution in [2.75, 3.05) is 0 Å². The van der Waals surface area contributed by atoms with E-state index in [0.717, 1.165) is 11.0 Å². The van der Waals surface area contributed by atoms with Gasteiger partial charge in [0.2, 0.25) is 5.62 Å². The lowest BCUT2D eigenvalue weighted by Crippen LogP contribution is -2.35. The Labute approximate surface area is 119 Å². The summed E-state index contributed by atoms with van der Waals surface area (Å²) in [6.45, 7) is 10.8. The van der Waals surface area contributed by atoms with Gasteiger partial charge in [-0.3, -0.25) is 5.41 Å². The minimum Gasteiger partial charge on any atom is -0.391 e. The molecule has 0 aliphatic rings. The first kappa shape index (κ1) is 14.6. The minimum absolute atomic E-state index is 0.207. The molecule has 0 fully saturated rings. The Bertz CT molecular complexity index is 673. The summed E-state index contributed by atoms with van der Waals surface area (Å²) in [4.78, 5) is 0. The zero-order valence-electron chi connectivity index (χ0n) is 12.4. The van der Waals surface area contributed by atoms with Gasteiger partial charge in [-0.15, -0.1) is 6.58 Å². The van der Waals surface area contributed by atoms with Crippen molar-refractivity contribution >= 4 is 11.0 Å². The van der Waals surface area contributed by atoms with E-state index >= 15 is 0 Å². The predicted molar refractivity (Wildman–Crippen MR) is 81.4 cm³/mol. The molecule has 0 saturated carbocycles. The third-order valence-electron chi connectivity index (χ3n) is 3.64. The van der Waals surface area contributed by atoms with Crippen LogP contribution in [-0.2, 0) is 13.1 Å². The molecule has 0 saturated heterocycles. The van der Waals surface area contributed by atoms with Crippen LogP contribution in [0.4, 0.5) is 0 Å². The monoisotopic (exact) mass is 273 g/mol. The number of rotatable bonds is 4. The van der Waals surface area contributed by atoms with Crippen LogP contribution in [0.5, 0.6) is 0 Å². The van der Waals surface area contributed by atoms with E-state index in [0.29, 0.717) is 18.7 Å². The number of hydrogen-bond donors (Lipinski definition) is 2. The first-order valence-electron chi connectivity index (χ1n) is 6.88. The third kappa shape index (κ3) is 2.56. The largest absolute Gasteiger partial charge is 0.391 e. The smallest absolute Gasteiger partial charge is 0.203 e. The number of benzene rings is 1. The number of nitrogens with one attached hydrogen (secondary N) is 1. The number of hydrogen-bond acceptors (Lipinski definition) is 2. The highest BCUT2D eigenvalue weighted by Crippen LogP contribution is 2.22. The van der Waals surface area contributed by atoms with E-state index in [1.54, 1.807) is 6.08 Å². The van der Waals surface area contributed by atoms with Crippen molar-refractivity contribution < 1.29 is 5.11 Å². The normalized spacial score (nSPS) is 13.6. The number of fused-ring (bicyclic) bond motifs is 1. The second-order valence-corrected chi connectivity index (χ2v) is 6.20. The fraction of sp³-hybridized carbons (Fsp3) is 0.438. The van der Waals surface area contributed by atoms with Crippen molar-refractivity contribution in [3.63, 3.8) is 0 Å². The summed E-state index contributed by atoms with van der Waals surface area (Å²) in [5.41, 5.74) is 2.16. The van der Waals surface area contributed by atoms with Crippen LogP contribution in [0.3, 0.4) is 0 Å². The molecular weight excluding hydrogens is 250 g/mol. The summed E-state index contributed by atoms with van der Waals surface area (Å²) in [7, 11) is 0. The predicted octanol–water partition coefficient (Wildman–Crippen LogP) is 2.52. The molecule has 1 aromatic carbocycles. The summed E-state index contributed by atoms with van der Waals surface area (Å²) in [5, 5.41) is 18.7. The Hall–Kier alpha value is -1.81. The first-order valence-corrected chi connectivity index (χ1v) is 6.88. The standard InChI is InChI=1S/C16H23N3O/c1-5-10-18-12-8-6-7-9-13(12)19(15(18)17)11-14(20)16(2,3)4/h5-9,14,17,20H,1,10-11H2,2-4H3/t14-/m0/s1. The molecule has 108 valence electrons. The van der Waals surface area contributed by atoms with E-state index in [1.165, 1.54) is 0 Å². The maximum Gasteiger partial charge on any atom is 0.203 e. The number of imidazole rings is 1. The van der Waals surface area contributed by atoms with Gasteiger partial charge in [0.25, 0.3) is 0 Å². The van der Waals surface area contributed by atoms with Crippen molar-refractivity contribution in [3.8, 4) is 0 Å². The Balaban J connectivity index is 2.56. The molecule has 0 radical (unpaired) electrons. The van der Waals surface area contributed by atoms with Gasteiger partial charge in [0, 0.05) is 6.54 Å². The molecule has 0 aliphatic heterocycles. The number of aliphatic hydroxyl groups is 1. The SMILES string of the molecule is C=CCn1c(=N)n(C[C@H](O)C(C)(C)C)c2ccccc21. The summed E-state index contributed by atoms with van der Waals surface area (Å²) >= 11 is 0. The van der Waals surface area contributed by atoms with Crippen LogP contribution in [0, 0.1) is 10.8 Å². The number of aromatic nitrogens is 2. The van der Waals surface area contributed by atoms with Gasteiger partial charge < -0.3 is 14.2 Å². The molecule has 20 heavy (non-hydrogen) atoms. The number of aliphatic hydroxyl groups excluding tert-OH is 1. The average molecular weight is 273 g/mol. The second kappa shape index (κ2) is 5.29. The fourth-order valence-electron chi connectivity index (χ4n) is 2.24. The van der Waals surface area contributed by atoms with E-state index in [1.807, 2.05) is 54.2 Å². The Morgan fingerprint density at radius 1 is 1.25 bits per heavy atom. The Kier molecular flexibility index (Phi) is 3.86. The van der Waals surface area contributed by atoms with E-state index in [4.69, 9.17) is 5.41 Å². The van der Waals surface area contributed by atoms with Gasteiger partial charge in [0.1, 0.15) is 0 Å². The summed E-state index contributed by atoms with van der Waals surface area (Å²) in [6.07, 6.45) is 1.29. The van der Waals surface area contributed by atoms with Crippen molar-refractivity contribution in [1.29, 1.82) is 5.41 Å². The molecule has 0 bridgehead atoms. The molecule has 4 nitrogen and oxygen atoms in total. The van der Waals surface area contributed by atoms with E-state index < -0.39 is 6.10 Å². The second-order valence-electron chi connectivity index (χ2n) is 6.20. The lowest BCUT2D eigenvalue weighted by atomic mass is 9.89. The Morgan fingerprint density at radius 2 is 1.80 bits per heavy atom. The van der Waals surface area contributed by atoms with Gasteiger partial charge in [-0.25, -0.2) is 0 Å². The van der Waals surface area contributed by atoms with E-state index in [-0.39, 0.29) is 5.41 Å². The minimum atomic E-state index is -0.500. The first-order chi connectivity index (χ1) is 9.36. The molecule has 1 heterocycles. The maximum absolute atomic E-state index is 10.3. The van der Waals surface area contributed by atoms with Gasteiger partial charge in [0.05, 0.1) is 23.7 Å². The van der Waals surface area contributed by atoms with E-state index in [9.17, 15) is 5.11 Å². The summed E-state index contributed by atoms with van der Waals surface area (Å²) in [5.74, 6) is 0. The van der Waals surface area contributed by atoms with Gasteiger partial charge in [0.15, 0.2) is 0 Å². The lowest BCUT2D eigenvalue weighted by Gasteiger charge is -2.26. The molecule has 0 unspecified atom stereocenters. The molecule has 2 rings (SSSR count). The summed E-state index contributed by atoms with van der Waals surface area (Å²) < 4.78 is 3.77. The highest BCUT2D eigenvalue weighted by molar-refractivity contribution is 5.75. The zero-order chi connectivity index (χ0) is 14.9. The summed E-state index contributed by atoms with van der Waals surface area (Å²) in [6, 6.07) is 7.91. The van der Waals surface area contributed by atoms with Crippen LogP contribution in [0.15, 0.2) is 36.9 Å². The highest BCUT2D eigenvalue weighted by Gasteiger charge is 2.24. The zero-order valence-corrected chi connectivity index (χ0v) is 12.4. The highest BCUT2D eigenvalue weighted by atomic mass is 16.3. The van der Waals surface area contributed by atoms with Crippen LogP contribution in [0.2, 0.25) is 0 Å².